The number of ether oxygens (including phenoxy) is 1. The lowest BCUT2D eigenvalue weighted by atomic mass is 9.97. The third kappa shape index (κ3) is 4.78. The van der Waals surface area contributed by atoms with E-state index in [1.807, 2.05) is 19.9 Å². The molecule has 0 bridgehead atoms. The van der Waals surface area contributed by atoms with Gasteiger partial charge in [-0.15, -0.1) is 0 Å². The first-order valence-corrected chi connectivity index (χ1v) is 8.07. The fraction of sp³-hybridized carbons (Fsp3) is 0.688. The van der Waals surface area contributed by atoms with Gasteiger partial charge in [-0.2, -0.15) is 5.26 Å². The highest BCUT2D eigenvalue weighted by molar-refractivity contribution is 5.97. The summed E-state index contributed by atoms with van der Waals surface area (Å²) in [5.41, 5.74) is -0.0476. The summed E-state index contributed by atoms with van der Waals surface area (Å²) in [4.78, 5) is 26.1. The van der Waals surface area contributed by atoms with Crippen LogP contribution >= 0.6 is 0 Å². The molecule has 0 saturated carbocycles. The number of piperidine rings is 1. The summed E-state index contributed by atoms with van der Waals surface area (Å²) in [5, 5.41) is 15.0. The first-order valence-electron chi connectivity index (χ1n) is 8.07. The fourth-order valence-electron chi connectivity index (χ4n) is 3.00. The summed E-state index contributed by atoms with van der Waals surface area (Å²) in [6.07, 6.45) is 2.67. The normalized spacial score (nSPS) is 26.5. The summed E-state index contributed by atoms with van der Waals surface area (Å²) in [7, 11) is 0. The number of carbonyl (C=O) groups excluding carboxylic acids is 2. The standard InChI is InChI=1S/C16H24N4O3/c1-11-9-20(10-12(2)23-11)16(22)14(7-17)8-19-15(21)13-3-5-18-6-4-13/h8,11-13,18H,3-6,9-10H2,1-2H3,(H,19,21)/b14-8-. The molecule has 7 heteroatoms. The smallest absolute Gasteiger partial charge is 0.266 e. The van der Waals surface area contributed by atoms with Gasteiger partial charge in [0.1, 0.15) is 11.6 Å². The number of nitriles is 1. The fourth-order valence-corrected chi connectivity index (χ4v) is 3.00. The third-order valence-corrected chi connectivity index (χ3v) is 4.13. The van der Waals surface area contributed by atoms with Crippen molar-refractivity contribution in [2.45, 2.75) is 38.9 Å². The van der Waals surface area contributed by atoms with Crippen LogP contribution in [-0.4, -0.2) is 55.1 Å². The van der Waals surface area contributed by atoms with E-state index in [0.29, 0.717) is 13.1 Å². The number of amides is 2. The van der Waals surface area contributed by atoms with Crippen molar-refractivity contribution in [1.82, 2.24) is 15.5 Å². The SMILES string of the molecule is CC1CN(C(=O)/C(C#N)=C\NC(=O)C2CCNCC2)CC(C)O1. The van der Waals surface area contributed by atoms with Crippen molar-refractivity contribution in [3.8, 4) is 6.07 Å². The van der Waals surface area contributed by atoms with Gasteiger partial charge < -0.3 is 20.3 Å². The molecule has 0 aromatic carbocycles. The van der Waals surface area contributed by atoms with Crippen LogP contribution in [0.15, 0.2) is 11.8 Å². The monoisotopic (exact) mass is 320 g/mol. The number of hydrogen-bond acceptors (Lipinski definition) is 5. The highest BCUT2D eigenvalue weighted by atomic mass is 16.5. The molecule has 2 aliphatic heterocycles. The Kier molecular flexibility index (Phi) is 6.13. The van der Waals surface area contributed by atoms with Gasteiger partial charge in [0.25, 0.3) is 5.91 Å². The topological polar surface area (TPSA) is 94.5 Å². The molecule has 2 saturated heterocycles. The number of morpholine rings is 1. The molecule has 126 valence electrons. The Morgan fingerprint density at radius 3 is 2.43 bits per heavy atom. The van der Waals surface area contributed by atoms with Gasteiger partial charge in [0.15, 0.2) is 0 Å². The Bertz CT molecular complexity index is 510. The van der Waals surface area contributed by atoms with Gasteiger partial charge in [0, 0.05) is 25.2 Å². The van der Waals surface area contributed by atoms with Gasteiger partial charge in [0.2, 0.25) is 5.91 Å². The Morgan fingerprint density at radius 1 is 1.26 bits per heavy atom. The van der Waals surface area contributed by atoms with Crippen LogP contribution in [0.2, 0.25) is 0 Å². The van der Waals surface area contributed by atoms with E-state index in [2.05, 4.69) is 10.6 Å². The largest absolute Gasteiger partial charge is 0.372 e. The molecule has 0 aromatic rings. The van der Waals surface area contributed by atoms with Gasteiger partial charge in [-0.1, -0.05) is 0 Å². The lowest BCUT2D eigenvalue weighted by Gasteiger charge is -2.35. The molecular formula is C16H24N4O3. The van der Waals surface area contributed by atoms with Gasteiger partial charge in [-0.05, 0) is 39.8 Å². The second kappa shape index (κ2) is 8.09. The lowest BCUT2D eigenvalue weighted by molar-refractivity contribution is -0.138. The maximum atomic E-state index is 12.4. The van der Waals surface area contributed by atoms with Gasteiger partial charge in [-0.3, -0.25) is 9.59 Å². The molecule has 7 nitrogen and oxygen atoms in total. The zero-order valence-corrected chi connectivity index (χ0v) is 13.7. The van der Waals surface area contributed by atoms with Crippen LogP contribution in [0.1, 0.15) is 26.7 Å². The Labute approximate surface area is 136 Å². The van der Waals surface area contributed by atoms with Gasteiger partial charge in [-0.25, -0.2) is 0 Å². The molecule has 2 rings (SSSR count). The molecule has 2 amide bonds. The molecule has 23 heavy (non-hydrogen) atoms. The molecule has 2 aliphatic rings. The van der Waals surface area contributed by atoms with E-state index in [1.54, 1.807) is 4.90 Å². The Morgan fingerprint density at radius 2 is 1.87 bits per heavy atom. The molecule has 2 unspecified atom stereocenters. The van der Waals surface area contributed by atoms with Crippen LogP contribution in [0, 0.1) is 17.2 Å². The third-order valence-electron chi connectivity index (χ3n) is 4.13. The van der Waals surface area contributed by atoms with E-state index in [4.69, 9.17) is 4.74 Å². The zero-order chi connectivity index (χ0) is 16.8. The van der Waals surface area contributed by atoms with Crippen LogP contribution < -0.4 is 10.6 Å². The number of carbonyl (C=O) groups is 2. The minimum Gasteiger partial charge on any atom is -0.372 e. The average molecular weight is 320 g/mol. The number of nitrogens with one attached hydrogen (secondary N) is 2. The number of hydrogen-bond donors (Lipinski definition) is 2. The second-order valence-electron chi connectivity index (χ2n) is 6.17. The van der Waals surface area contributed by atoms with E-state index in [1.165, 1.54) is 6.20 Å². The minimum atomic E-state index is -0.361. The van der Waals surface area contributed by atoms with E-state index < -0.39 is 0 Å². The Hall–Kier alpha value is -1.91. The van der Waals surface area contributed by atoms with Crippen LogP contribution in [0.5, 0.6) is 0 Å². The predicted octanol–water partition coefficient (Wildman–Crippen LogP) is 0.145. The molecule has 2 heterocycles. The molecule has 0 aromatic heterocycles. The molecule has 0 radical (unpaired) electrons. The first-order chi connectivity index (χ1) is 11.0. The van der Waals surface area contributed by atoms with Crippen molar-refractivity contribution in [2.75, 3.05) is 26.2 Å². The van der Waals surface area contributed by atoms with Crippen molar-refractivity contribution in [3.05, 3.63) is 11.8 Å². The second-order valence-corrected chi connectivity index (χ2v) is 6.17. The van der Waals surface area contributed by atoms with Crippen LogP contribution in [0.4, 0.5) is 0 Å². The van der Waals surface area contributed by atoms with Crippen LogP contribution in [0.25, 0.3) is 0 Å². The zero-order valence-electron chi connectivity index (χ0n) is 13.7. The van der Waals surface area contributed by atoms with Crippen LogP contribution in [0.3, 0.4) is 0 Å². The molecule has 2 atom stereocenters. The van der Waals surface area contributed by atoms with Crippen molar-refractivity contribution < 1.29 is 14.3 Å². The molecule has 2 fully saturated rings. The summed E-state index contributed by atoms with van der Waals surface area (Å²) >= 11 is 0. The van der Waals surface area contributed by atoms with E-state index in [-0.39, 0.29) is 35.5 Å². The van der Waals surface area contributed by atoms with E-state index in [9.17, 15) is 14.9 Å². The van der Waals surface area contributed by atoms with Crippen molar-refractivity contribution in [2.24, 2.45) is 5.92 Å². The first kappa shape index (κ1) is 17.4. The van der Waals surface area contributed by atoms with Crippen molar-refractivity contribution in [3.63, 3.8) is 0 Å². The maximum Gasteiger partial charge on any atom is 0.266 e. The number of nitrogens with zero attached hydrogens (tertiary/aromatic N) is 2. The molecule has 2 N–H and O–H groups in total. The Balaban J connectivity index is 1.96. The highest BCUT2D eigenvalue weighted by Gasteiger charge is 2.28. The summed E-state index contributed by atoms with van der Waals surface area (Å²) in [6, 6.07) is 1.89. The summed E-state index contributed by atoms with van der Waals surface area (Å²) < 4.78 is 5.59. The van der Waals surface area contributed by atoms with Gasteiger partial charge >= 0.3 is 0 Å². The van der Waals surface area contributed by atoms with E-state index in [0.717, 1.165) is 25.9 Å². The summed E-state index contributed by atoms with van der Waals surface area (Å²) in [6.45, 7) is 6.31. The molecule has 0 spiro atoms. The van der Waals surface area contributed by atoms with Crippen LogP contribution in [-0.2, 0) is 14.3 Å². The van der Waals surface area contributed by atoms with E-state index >= 15 is 0 Å². The average Bonchev–Trinajstić information content (AvgIpc) is 2.55. The van der Waals surface area contributed by atoms with Crippen molar-refractivity contribution in [1.29, 1.82) is 5.26 Å². The number of rotatable bonds is 3. The quantitative estimate of drug-likeness (QED) is 0.570. The van der Waals surface area contributed by atoms with Crippen molar-refractivity contribution >= 4 is 11.8 Å². The predicted molar refractivity (Wildman–Crippen MR) is 84.0 cm³/mol. The van der Waals surface area contributed by atoms with Gasteiger partial charge in [0.05, 0.1) is 12.2 Å². The minimum absolute atomic E-state index is 0.0476. The lowest BCUT2D eigenvalue weighted by Crippen LogP contribution is -2.48. The maximum absolute atomic E-state index is 12.4. The molecular weight excluding hydrogens is 296 g/mol. The molecule has 0 aliphatic carbocycles. The highest BCUT2D eigenvalue weighted by Crippen LogP contribution is 2.14. The summed E-state index contributed by atoms with van der Waals surface area (Å²) in [5.74, 6) is -0.554.